The zero-order chi connectivity index (χ0) is 20.8. The molecule has 0 atom stereocenters. The number of para-hydroxylation sites is 1. The molecule has 2 nitrogen and oxygen atoms in total. The summed E-state index contributed by atoms with van der Waals surface area (Å²) in [5.41, 5.74) is 7.37. The molecule has 6 aromatic rings. The molecule has 0 unspecified atom stereocenters. The van der Waals surface area contributed by atoms with Gasteiger partial charge in [0.1, 0.15) is 5.58 Å². The smallest absolute Gasteiger partial charge is 0.159 e. The van der Waals surface area contributed by atoms with Crippen LogP contribution in [0.1, 0.15) is 5.56 Å². The molecule has 0 amide bonds. The number of fused-ring (bicyclic) bond motifs is 4. The number of benzene rings is 5. The lowest BCUT2D eigenvalue weighted by atomic mass is 10.0. The number of anilines is 2. The zero-order valence-electron chi connectivity index (χ0n) is 17.2. The van der Waals surface area contributed by atoms with Crippen molar-refractivity contribution in [2.45, 2.75) is 6.92 Å². The highest BCUT2D eigenvalue weighted by atomic mass is 16.3. The maximum atomic E-state index is 6.61. The number of aryl methyl sites for hydroxylation is 1. The maximum Gasteiger partial charge on any atom is 0.159 e. The molecule has 1 aromatic heterocycles. The lowest BCUT2D eigenvalue weighted by Crippen LogP contribution is -1.92. The molecule has 1 heterocycles. The van der Waals surface area contributed by atoms with E-state index in [-0.39, 0.29) is 0 Å². The van der Waals surface area contributed by atoms with E-state index in [0.717, 1.165) is 49.8 Å². The highest BCUT2D eigenvalue weighted by Crippen LogP contribution is 2.42. The summed E-state index contributed by atoms with van der Waals surface area (Å²) in [6, 6.07) is 36.0. The van der Waals surface area contributed by atoms with Gasteiger partial charge in [0, 0.05) is 27.4 Å². The fourth-order valence-corrected chi connectivity index (χ4v) is 4.35. The molecule has 0 fully saturated rings. The van der Waals surface area contributed by atoms with Gasteiger partial charge >= 0.3 is 0 Å². The lowest BCUT2D eigenvalue weighted by molar-refractivity contribution is 0.671. The average molecular weight is 399 g/mol. The van der Waals surface area contributed by atoms with Crippen molar-refractivity contribution in [2.24, 2.45) is 0 Å². The fourth-order valence-electron chi connectivity index (χ4n) is 4.35. The van der Waals surface area contributed by atoms with Gasteiger partial charge < -0.3 is 9.73 Å². The van der Waals surface area contributed by atoms with Crippen LogP contribution in [-0.2, 0) is 0 Å². The largest absolute Gasteiger partial charge is 0.453 e. The molecular weight excluding hydrogens is 378 g/mol. The summed E-state index contributed by atoms with van der Waals surface area (Å²) in [4.78, 5) is 0. The van der Waals surface area contributed by atoms with Gasteiger partial charge in [0.05, 0.1) is 5.69 Å². The molecule has 0 saturated carbocycles. The van der Waals surface area contributed by atoms with Crippen molar-refractivity contribution in [3.63, 3.8) is 0 Å². The van der Waals surface area contributed by atoms with Crippen molar-refractivity contribution >= 4 is 44.1 Å². The van der Waals surface area contributed by atoms with Gasteiger partial charge in [-0.25, -0.2) is 0 Å². The van der Waals surface area contributed by atoms with Crippen LogP contribution < -0.4 is 5.32 Å². The first-order valence-corrected chi connectivity index (χ1v) is 10.5. The van der Waals surface area contributed by atoms with E-state index in [4.69, 9.17) is 4.42 Å². The van der Waals surface area contributed by atoms with Crippen LogP contribution in [0, 0.1) is 6.92 Å². The second kappa shape index (κ2) is 7.03. The Morgan fingerprint density at radius 3 is 2.19 bits per heavy atom. The third-order valence-corrected chi connectivity index (χ3v) is 5.92. The Balaban J connectivity index is 1.67. The molecule has 0 bridgehead atoms. The Kier molecular flexibility index (Phi) is 4.03. The second-order valence-corrected chi connectivity index (χ2v) is 7.99. The lowest BCUT2D eigenvalue weighted by Gasteiger charge is -2.11. The third-order valence-electron chi connectivity index (χ3n) is 5.92. The molecule has 0 spiro atoms. The highest BCUT2D eigenvalue weighted by molar-refractivity contribution is 6.19. The van der Waals surface area contributed by atoms with Gasteiger partial charge in [0.2, 0.25) is 0 Å². The summed E-state index contributed by atoms with van der Waals surface area (Å²) < 4.78 is 6.61. The van der Waals surface area contributed by atoms with E-state index in [1.807, 2.05) is 6.07 Å². The van der Waals surface area contributed by atoms with Gasteiger partial charge in [-0.2, -0.15) is 0 Å². The van der Waals surface area contributed by atoms with Gasteiger partial charge in [0.15, 0.2) is 5.58 Å². The number of hydrogen-bond acceptors (Lipinski definition) is 2. The highest BCUT2D eigenvalue weighted by Gasteiger charge is 2.17. The summed E-state index contributed by atoms with van der Waals surface area (Å²) >= 11 is 0. The molecule has 1 N–H and O–H groups in total. The Hall–Kier alpha value is -4.04. The molecule has 0 radical (unpaired) electrons. The van der Waals surface area contributed by atoms with Gasteiger partial charge in [-0.15, -0.1) is 0 Å². The normalized spacial score (nSPS) is 11.4. The van der Waals surface area contributed by atoms with Crippen molar-refractivity contribution in [3.8, 4) is 11.1 Å². The van der Waals surface area contributed by atoms with E-state index in [1.54, 1.807) is 0 Å². The van der Waals surface area contributed by atoms with E-state index in [1.165, 1.54) is 10.9 Å². The number of furan rings is 1. The Bertz CT molecular complexity index is 1540. The summed E-state index contributed by atoms with van der Waals surface area (Å²) in [6.07, 6.45) is 0. The molecule has 0 aliphatic rings. The van der Waals surface area contributed by atoms with Gasteiger partial charge in [-0.1, -0.05) is 90.5 Å². The monoisotopic (exact) mass is 399 g/mol. The fraction of sp³-hybridized carbons (Fsp3) is 0.0345. The first-order valence-electron chi connectivity index (χ1n) is 10.5. The minimum Gasteiger partial charge on any atom is -0.453 e. The van der Waals surface area contributed by atoms with Crippen LogP contribution in [-0.4, -0.2) is 0 Å². The van der Waals surface area contributed by atoms with Crippen molar-refractivity contribution in [1.29, 1.82) is 0 Å². The molecule has 148 valence electrons. The quantitative estimate of drug-likeness (QED) is 0.323. The van der Waals surface area contributed by atoms with Gasteiger partial charge in [0.25, 0.3) is 0 Å². The second-order valence-electron chi connectivity index (χ2n) is 7.99. The first kappa shape index (κ1) is 17.8. The minimum atomic E-state index is 0.887. The SMILES string of the molecule is Cc1ccc(Nc2c3ccccc3cc3c2oc2c(-c4ccccc4)cccc23)cc1. The Morgan fingerprint density at radius 1 is 0.613 bits per heavy atom. The van der Waals surface area contributed by atoms with Crippen LogP contribution in [0.25, 0.3) is 43.8 Å². The molecular formula is C29H21NO. The Morgan fingerprint density at radius 2 is 1.35 bits per heavy atom. The van der Waals surface area contributed by atoms with Gasteiger partial charge in [-0.3, -0.25) is 0 Å². The molecule has 5 aromatic carbocycles. The van der Waals surface area contributed by atoms with E-state index < -0.39 is 0 Å². The molecule has 31 heavy (non-hydrogen) atoms. The van der Waals surface area contributed by atoms with Crippen molar-refractivity contribution < 1.29 is 4.42 Å². The molecule has 2 heteroatoms. The van der Waals surface area contributed by atoms with Crippen LogP contribution in [0.5, 0.6) is 0 Å². The first-order chi connectivity index (χ1) is 15.3. The zero-order valence-corrected chi connectivity index (χ0v) is 17.2. The van der Waals surface area contributed by atoms with Crippen LogP contribution in [0.2, 0.25) is 0 Å². The average Bonchev–Trinajstić information content (AvgIpc) is 3.19. The van der Waals surface area contributed by atoms with Crippen molar-refractivity contribution in [3.05, 3.63) is 109 Å². The predicted octanol–water partition coefficient (Wildman–Crippen LogP) is 8.46. The van der Waals surface area contributed by atoms with E-state index in [9.17, 15) is 0 Å². The maximum absolute atomic E-state index is 6.61. The standard InChI is InChI=1S/C29H21NO/c1-19-14-16-22(17-15-19)30-27-23-11-6-5-10-21(23)18-26-25-13-7-12-24(28(25)31-29(26)27)20-8-3-2-4-9-20/h2-18,30H,1H3. The number of rotatable bonds is 3. The summed E-state index contributed by atoms with van der Waals surface area (Å²) in [5.74, 6) is 0. The summed E-state index contributed by atoms with van der Waals surface area (Å²) in [7, 11) is 0. The van der Waals surface area contributed by atoms with Crippen molar-refractivity contribution in [2.75, 3.05) is 5.32 Å². The van der Waals surface area contributed by atoms with Crippen molar-refractivity contribution in [1.82, 2.24) is 0 Å². The predicted molar refractivity (Wildman–Crippen MR) is 131 cm³/mol. The van der Waals surface area contributed by atoms with E-state index in [0.29, 0.717) is 0 Å². The van der Waals surface area contributed by atoms with Gasteiger partial charge in [-0.05, 0) is 36.1 Å². The van der Waals surface area contributed by atoms with Crippen LogP contribution in [0.15, 0.2) is 108 Å². The van der Waals surface area contributed by atoms with Crippen LogP contribution in [0.4, 0.5) is 11.4 Å². The number of hydrogen-bond donors (Lipinski definition) is 1. The topological polar surface area (TPSA) is 25.2 Å². The molecule has 6 rings (SSSR count). The molecule has 0 aliphatic heterocycles. The van der Waals surface area contributed by atoms with Crippen LogP contribution >= 0.6 is 0 Å². The Labute approximate surface area is 180 Å². The number of nitrogens with one attached hydrogen (secondary N) is 1. The van der Waals surface area contributed by atoms with Crippen LogP contribution in [0.3, 0.4) is 0 Å². The van der Waals surface area contributed by atoms with E-state index in [2.05, 4.69) is 109 Å². The minimum absolute atomic E-state index is 0.887. The molecule has 0 saturated heterocycles. The summed E-state index contributed by atoms with van der Waals surface area (Å²) in [6.45, 7) is 2.10. The summed E-state index contributed by atoms with van der Waals surface area (Å²) in [5, 5.41) is 8.24. The third kappa shape index (κ3) is 2.96. The van der Waals surface area contributed by atoms with E-state index >= 15 is 0 Å². The molecule has 0 aliphatic carbocycles.